The van der Waals surface area contributed by atoms with Crippen LogP contribution in [0.2, 0.25) is 0 Å². The van der Waals surface area contributed by atoms with E-state index in [9.17, 15) is 14.7 Å². The molecule has 0 amide bonds. The van der Waals surface area contributed by atoms with Gasteiger partial charge in [-0.2, -0.15) is 11.8 Å². The van der Waals surface area contributed by atoms with Crippen molar-refractivity contribution in [3.05, 3.63) is 11.3 Å². The maximum absolute atomic E-state index is 12.1. The van der Waals surface area contributed by atoms with Crippen molar-refractivity contribution in [1.82, 2.24) is 0 Å². The molecule has 0 bridgehead atoms. The molecule has 106 valence electrons. The Morgan fingerprint density at radius 2 is 1.95 bits per heavy atom. The lowest BCUT2D eigenvalue weighted by Gasteiger charge is -2.32. The number of allylic oxidation sites excluding steroid dienone is 2. The van der Waals surface area contributed by atoms with Gasteiger partial charge >= 0.3 is 0 Å². The highest BCUT2D eigenvalue weighted by molar-refractivity contribution is 7.99. The third kappa shape index (κ3) is 3.41. The largest absolute Gasteiger partial charge is 0.511 e. The standard InChI is InChI=1S/C15H22O3S/c1-2-4-12(16)15-13(17)7-11(8-14(15)18)10-5-3-6-19-9-10/h10-11,16H,2-9H2,1H3. The quantitative estimate of drug-likeness (QED) is 0.490. The number of rotatable bonds is 3. The monoisotopic (exact) mass is 282 g/mol. The van der Waals surface area contributed by atoms with Crippen LogP contribution >= 0.6 is 11.8 Å². The number of aliphatic hydroxyl groups is 1. The van der Waals surface area contributed by atoms with Crippen molar-refractivity contribution < 1.29 is 14.7 Å². The number of carbonyl (C=O) groups excluding carboxylic acids is 2. The summed E-state index contributed by atoms with van der Waals surface area (Å²) in [5, 5.41) is 9.85. The fourth-order valence-electron chi connectivity index (χ4n) is 3.06. The lowest BCUT2D eigenvalue weighted by molar-refractivity contribution is -0.126. The molecule has 0 spiro atoms. The topological polar surface area (TPSA) is 54.4 Å². The smallest absolute Gasteiger partial charge is 0.170 e. The lowest BCUT2D eigenvalue weighted by atomic mass is 9.75. The zero-order valence-corrected chi connectivity index (χ0v) is 12.3. The Bertz CT molecular complexity index is 374. The van der Waals surface area contributed by atoms with Crippen LogP contribution in [0.25, 0.3) is 0 Å². The van der Waals surface area contributed by atoms with Crippen LogP contribution in [0.3, 0.4) is 0 Å². The van der Waals surface area contributed by atoms with Crippen LogP contribution in [0.1, 0.15) is 45.4 Å². The van der Waals surface area contributed by atoms with Gasteiger partial charge in [-0.05, 0) is 42.6 Å². The van der Waals surface area contributed by atoms with E-state index in [1.165, 1.54) is 12.2 Å². The summed E-state index contributed by atoms with van der Waals surface area (Å²) in [4.78, 5) is 24.3. The molecule has 1 aliphatic heterocycles. The molecule has 2 aliphatic rings. The van der Waals surface area contributed by atoms with E-state index in [2.05, 4.69) is 0 Å². The molecule has 0 aromatic rings. The Balaban J connectivity index is 2.07. The molecule has 1 saturated carbocycles. The summed E-state index contributed by atoms with van der Waals surface area (Å²) in [7, 11) is 0. The van der Waals surface area contributed by atoms with Crippen molar-refractivity contribution in [3.8, 4) is 0 Å². The van der Waals surface area contributed by atoms with Gasteiger partial charge in [-0.1, -0.05) is 6.92 Å². The number of Topliss-reactive ketones (excluding diaryl/α,β-unsaturated/α-hetero) is 2. The molecular formula is C15H22O3S. The third-order valence-corrected chi connectivity index (χ3v) is 5.33. The van der Waals surface area contributed by atoms with E-state index < -0.39 is 0 Å². The molecule has 0 aromatic carbocycles. The van der Waals surface area contributed by atoms with E-state index in [0.717, 1.165) is 18.6 Å². The predicted octanol–water partition coefficient (Wildman–Crippen LogP) is 3.29. The molecule has 1 heterocycles. The lowest BCUT2D eigenvalue weighted by Crippen LogP contribution is -2.33. The average molecular weight is 282 g/mol. The summed E-state index contributed by atoms with van der Waals surface area (Å²) in [5.74, 6) is 2.71. The van der Waals surface area contributed by atoms with Crippen LogP contribution in [-0.2, 0) is 9.59 Å². The second kappa shape index (κ2) is 6.60. The van der Waals surface area contributed by atoms with Crippen LogP contribution in [0.5, 0.6) is 0 Å². The van der Waals surface area contributed by atoms with Crippen molar-refractivity contribution in [2.24, 2.45) is 11.8 Å². The van der Waals surface area contributed by atoms with Gasteiger partial charge in [0, 0.05) is 19.3 Å². The van der Waals surface area contributed by atoms with Crippen LogP contribution < -0.4 is 0 Å². The number of thioether (sulfide) groups is 1. The van der Waals surface area contributed by atoms with Crippen LogP contribution in [-0.4, -0.2) is 28.2 Å². The second-order valence-electron chi connectivity index (χ2n) is 5.56. The normalized spacial score (nSPS) is 28.6. The zero-order chi connectivity index (χ0) is 13.8. The molecule has 1 N–H and O–H groups in total. The van der Waals surface area contributed by atoms with Crippen molar-refractivity contribution in [2.45, 2.75) is 45.4 Å². The Morgan fingerprint density at radius 3 is 2.47 bits per heavy atom. The van der Waals surface area contributed by atoms with Gasteiger partial charge in [0.05, 0.1) is 5.57 Å². The summed E-state index contributed by atoms with van der Waals surface area (Å²) >= 11 is 1.93. The van der Waals surface area contributed by atoms with Gasteiger partial charge in [0.25, 0.3) is 0 Å². The highest BCUT2D eigenvalue weighted by Crippen LogP contribution is 2.37. The van der Waals surface area contributed by atoms with Gasteiger partial charge in [-0.15, -0.1) is 0 Å². The maximum atomic E-state index is 12.1. The third-order valence-electron chi connectivity index (χ3n) is 4.09. The fourth-order valence-corrected chi connectivity index (χ4v) is 4.34. The zero-order valence-electron chi connectivity index (χ0n) is 11.5. The molecule has 19 heavy (non-hydrogen) atoms. The van der Waals surface area contributed by atoms with Crippen molar-refractivity contribution >= 4 is 23.3 Å². The van der Waals surface area contributed by atoms with Gasteiger partial charge in [-0.3, -0.25) is 9.59 Å². The minimum Gasteiger partial charge on any atom is -0.511 e. The Labute approximate surface area is 118 Å². The number of ketones is 2. The molecule has 0 radical (unpaired) electrons. The van der Waals surface area contributed by atoms with Gasteiger partial charge in [0.1, 0.15) is 5.76 Å². The maximum Gasteiger partial charge on any atom is 0.170 e. The molecule has 2 fully saturated rings. The van der Waals surface area contributed by atoms with Crippen molar-refractivity contribution in [1.29, 1.82) is 0 Å². The van der Waals surface area contributed by atoms with E-state index in [-0.39, 0.29) is 28.8 Å². The number of aliphatic hydroxyl groups excluding tert-OH is 1. The molecule has 1 atom stereocenters. The summed E-state index contributed by atoms with van der Waals surface area (Å²) in [6.07, 6.45) is 4.39. The van der Waals surface area contributed by atoms with Gasteiger partial charge in [-0.25, -0.2) is 0 Å². The van der Waals surface area contributed by atoms with Gasteiger partial charge < -0.3 is 5.11 Å². The summed E-state index contributed by atoms with van der Waals surface area (Å²) in [5.41, 5.74) is 0.0987. The van der Waals surface area contributed by atoms with E-state index >= 15 is 0 Å². The molecular weight excluding hydrogens is 260 g/mol. The van der Waals surface area contributed by atoms with Gasteiger partial charge in [0.15, 0.2) is 11.6 Å². The molecule has 1 unspecified atom stereocenters. The first-order chi connectivity index (χ1) is 9.13. The first-order valence-corrected chi connectivity index (χ1v) is 8.35. The first-order valence-electron chi connectivity index (χ1n) is 7.19. The number of hydrogen-bond donors (Lipinski definition) is 1. The van der Waals surface area contributed by atoms with Gasteiger partial charge in [0.2, 0.25) is 0 Å². The Morgan fingerprint density at radius 1 is 1.26 bits per heavy atom. The van der Waals surface area contributed by atoms with Crippen LogP contribution in [0.15, 0.2) is 11.3 Å². The SMILES string of the molecule is CCCC(O)=C1C(=O)CC(C2CCCSC2)CC1=O. The average Bonchev–Trinajstić information content (AvgIpc) is 2.39. The molecule has 2 rings (SSSR count). The van der Waals surface area contributed by atoms with Crippen LogP contribution in [0.4, 0.5) is 0 Å². The minimum atomic E-state index is -0.136. The summed E-state index contributed by atoms with van der Waals surface area (Å²) in [6.45, 7) is 1.93. The minimum absolute atomic E-state index is 0.00830. The molecule has 0 aromatic heterocycles. The molecule has 3 nitrogen and oxygen atoms in total. The summed E-state index contributed by atoms with van der Waals surface area (Å²) < 4.78 is 0. The Kier molecular flexibility index (Phi) is 5.08. The van der Waals surface area contributed by atoms with E-state index in [1.807, 2.05) is 18.7 Å². The van der Waals surface area contributed by atoms with E-state index in [1.54, 1.807) is 0 Å². The Hall–Kier alpha value is -0.770. The number of carbonyl (C=O) groups is 2. The fraction of sp³-hybridized carbons (Fsp3) is 0.733. The molecule has 1 saturated heterocycles. The predicted molar refractivity (Wildman–Crippen MR) is 77.3 cm³/mol. The highest BCUT2D eigenvalue weighted by Gasteiger charge is 2.36. The second-order valence-corrected chi connectivity index (χ2v) is 6.71. The number of hydrogen-bond acceptors (Lipinski definition) is 4. The van der Waals surface area contributed by atoms with Crippen LogP contribution in [0, 0.1) is 11.8 Å². The summed E-state index contributed by atoms with van der Waals surface area (Å²) in [6, 6.07) is 0. The highest BCUT2D eigenvalue weighted by atomic mass is 32.2. The molecule has 4 heteroatoms. The van der Waals surface area contributed by atoms with E-state index in [0.29, 0.717) is 25.2 Å². The van der Waals surface area contributed by atoms with Crippen molar-refractivity contribution in [3.63, 3.8) is 0 Å². The van der Waals surface area contributed by atoms with E-state index in [4.69, 9.17) is 0 Å². The first kappa shape index (κ1) is 14.6. The van der Waals surface area contributed by atoms with Crippen molar-refractivity contribution in [2.75, 3.05) is 11.5 Å². The molecule has 1 aliphatic carbocycles.